The van der Waals surface area contributed by atoms with E-state index in [0.29, 0.717) is 10.4 Å². The summed E-state index contributed by atoms with van der Waals surface area (Å²) < 4.78 is 0. The number of halogens is 1. The molecule has 0 aliphatic heterocycles. The Hall–Kier alpha value is -0.820. The molecular formula is C16H21ClO. The summed E-state index contributed by atoms with van der Waals surface area (Å²) in [4.78, 5) is 12.4. The molecule has 1 nitrogen and oxygen atoms in total. The maximum Gasteiger partial charge on any atom is 0.165 e. The third-order valence-corrected chi connectivity index (χ3v) is 4.57. The van der Waals surface area contributed by atoms with Crippen molar-refractivity contribution in [1.29, 1.82) is 0 Å². The Morgan fingerprint density at radius 2 is 1.89 bits per heavy atom. The lowest BCUT2D eigenvalue weighted by atomic mass is 9.71. The highest BCUT2D eigenvalue weighted by molar-refractivity contribution is 6.31. The average Bonchev–Trinajstić information content (AvgIpc) is 2.32. The third-order valence-electron chi connectivity index (χ3n) is 4.17. The van der Waals surface area contributed by atoms with Crippen LogP contribution < -0.4 is 0 Å². The fourth-order valence-corrected chi connectivity index (χ4v) is 2.82. The number of rotatable bonds is 2. The number of carbonyl (C=O) groups is 1. The maximum absolute atomic E-state index is 12.4. The molecule has 0 saturated heterocycles. The fourth-order valence-electron chi connectivity index (χ4n) is 2.64. The molecule has 0 N–H and O–H groups in total. The monoisotopic (exact) mass is 264 g/mol. The van der Waals surface area contributed by atoms with E-state index < -0.39 is 0 Å². The predicted molar refractivity (Wildman–Crippen MR) is 76.3 cm³/mol. The molecule has 1 aromatic carbocycles. The van der Waals surface area contributed by atoms with E-state index in [-0.39, 0.29) is 11.7 Å². The molecule has 1 aliphatic carbocycles. The molecule has 1 aliphatic rings. The topological polar surface area (TPSA) is 17.1 Å². The first kappa shape index (κ1) is 13.6. The van der Waals surface area contributed by atoms with Crippen LogP contribution in [0.1, 0.15) is 55.5 Å². The Kier molecular flexibility index (Phi) is 3.82. The molecule has 0 aromatic heterocycles. The van der Waals surface area contributed by atoms with E-state index in [1.807, 2.05) is 25.1 Å². The summed E-state index contributed by atoms with van der Waals surface area (Å²) in [5, 5.41) is 0.692. The van der Waals surface area contributed by atoms with E-state index in [9.17, 15) is 4.79 Å². The summed E-state index contributed by atoms with van der Waals surface area (Å²) >= 11 is 6.09. The maximum atomic E-state index is 12.4. The van der Waals surface area contributed by atoms with Crippen LogP contribution in [0.4, 0.5) is 0 Å². The second-order valence-electron chi connectivity index (χ2n) is 6.27. The van der Waals surface area contributed by atoms with Gasteiger partial charge < -0.3 is 0 Å². The summed E-state index contributed by atoms with van der Waals surface area (Å²) in [7, 11) is 0. The Morgan fingerprint density at radius 1 is 1.28 bits per heavy atom. The van der Waals surface area contributed by atoms with E-state index in [4.69, 9.17) is 11.6 Å². The van der Waals surface area contributed by atoms with E-state index in [2.05, 4.69) is 13.8 Å². The molecule has 1 saturated carbocycles. The lowest BCUT2D eigenvalue weighted by Gasteiger charge is -2.33. The van der Waals surface area contributed by atoms with Gasteiger partial charge >= 0.3 is 0 Å². The van der Waals surface area contributed by atoms with Crippen molar-refractivity contribution in [3.05, 3.63) is 34.3 Å². The summed E-state index contributed by atoms with van der Waals surface area (Å²) in [5.41, 5.74) is 2.20. The molecule has 18 heavy (non-hydrogen) atoms. The standard InChI is InChI=1S/C16H21ClO/c1-11-4-5-13(10-14(11)17)15(18)12-6-8-16(2,3)9-7-12/h4-5,10,12H,6-9H2,1-3H3. The van der Waals surface area contributed by atoms with E-state index in [1.165, 1.54) is 0 Å². The molecule has 0 atom stereocenters. The largest absolute Gasteiger partial charge is 0.294 e. The van der Waals surface area contributed by atoms with Crippen molar-refractivity contribution < 1.29 is 4.79 Å². The number of hydrogen-bond donors (Lipinski definition) is 0. The molecule has 0 radical (unpaired) electrons. The number of hydrogen-bond acceptors (Lipinski definition) is 1. The van der Waals surface area contributed by atoms with Gasteiger partial charge in [-0.2, -0.15) is 0 Å². The van der Waals surface area contributed by atoms with Crippen molar-refractivity contribution in [3.8, 4) is 0 Å². The van der Waals surface area contributed by atoms with Crippen LogP contribution in [0.5, 0.6) is 0 Å². The smallest absolute Gasteiger partial charge is 0.165 e. The first-order valence-corrected chi connectivity index (χ1v) is 7.07. The molecule has 98 valence electrons. The minimum Gasteiger partial charge on any atom is -0.294 e. The molecule has 2 rings (SSSR count). The number of carbonyl (C=O) groups excluding carboxylic acids is 1. The van der Waals surface area contributed by atoms with Gasteiger partial charge in [0, 0.05) is 16.5 Å². The highest BCUT2D eigenvalue weighted by Crippen LogP contribution is 2.39. The van der Waals surface area contributed by atoms with Crippen LogP contribution in [-0.2, 0) is 0 Å². The van der Waals surface area contributed by atoms with Crippen LogP contribution in [0.3, 0.4) is 0 Å². The van der Waals surface area contributed by atoms with Gasteiger partial charge in [0.1, 0.15) is 0 Å². The Morgan fingerprint density at radius 3 is 2.44 bits per heavy atom. The summed E-state index contributed by atoms with van der Waals surface area (Å²) in [5.74, 6) is 0.462. The third kappa shape index (κ3) is 2.95. The molecular weight excluding hydrogens is 244 g/mol. The zero-order valence-electron chi connectivity index (χ0n) is 11.4. The van der Waals surface area contributed by atoms with Gasteiger partial charge in [0.25, 0.3) is 0 Å². The average molecular weight is 265 g/mol. The van der Waals surface area contributed by atoms with Gasteiger partial charge in [-0.1, -0.05) is 37.6 Å². The van der Waals surface area contributed by atoms with Crippen LogP contribution in [0.2, 0.25) is 5.02 Å². The van der Waals surface area contributed by atoms with Crippen LogP contribution in [0.25, 0.3) is 0 Å². The van der Waals surface area contributed by atoms with Crippen molar-refractivity contribution in [3.63, 3.8) is 0 Å². The molecule has 0 amide bonds. The van der Waals surface area contributed by atoms with Crippen molar-refractivity contribution in [2.75, 3.05) is 0 Å². The van der Waals surface area contributed by atoms with Crippen molar-refractivity contribution in [1.82, 2.24) is 0 Å². The van der Waals surface area contributed by atoms with Gasteiger partial charge in [-0.15, -0.1) is 0 Å². The van der Waals surface area contributed by atoms with Gasteiger partial charge in [0.2, 0.25) is 0 Å². The van der Waals surface area contributed by atoms with Crippen molar-refractivity contribution in [2.45, 2.75) is 46.5 Å². The van der Waals surface area contributed by atoms with Crippen LogP contribution >= 0.6 is 11.6 Å². The molecule has 0 unspecified atom stereocenters. The Labute approximate surface area is 115 Å². The lowest BCUT2D eigenvalue weighted by Crippen LogP contribution is -2.26. The van der Waals surface area contributed by atoms with E-state index in [1.54, 1.807) is 0 Å². The second kappa shape index (κ2) is 5.05. The molecule has 0 spiro atoms. The van der Waals surface area contributed by atoms with E-state index in [0.717, 1.165) is 36.8 Å². The van der Waals surface area contributed by atoms with E-state index >= 15 is 0 Å². The minimum absolute atomic E-state index is 0.191. The molecule has 1 fully saturated rings. The summed E-state index contributed by atoms with van der Waals surface area (Å²) in [6, 6.07) is 5.66. The SMILES string of the molecule is Cc1ccc(C(=O)C2CCC(C)(C)CC2)cc1Cl. The number of benzene rings is 1. The number of ketones is 1. The van der Waals surface area contributed by atoms with Crippen LogP contribution in [0.15, 0.2) is 18.2 Å². The van der Waals surface area contributed by atoms with Gasteiger partial charge in [-0.05, 0) is 49.7 Å². The molecule has 0 bridgehead atoms. The van der Waals surface area contributed by atoms with Gasteiger partial charge in [0.15, 0.2) is 5.78 Å². The summed E-state index contributed by atoms with van der Waals surface area (Å²) in [6.45, 7) is 6.53. The fraction of sp³-hybridized carbons (Fsp3) is 0.562. The first-order valence-electron chi connectivity index (χ1n) is 6.69. The predicted octanol–water partition coefficient (Wildman–Crippen LogP) is 5.05. The van der Waals surface area contributed by atoms with Gasteiger partial charge in [-0.25, -0.2) is 0 Å². The Balaban J connectivity index is 2.10. The van der Waals surface area contributed by atoms with Crippen molar-refractivity contribution >= 4 is 17.4 Å². The van der Waals surface area contributed by atoms with Crippen LogP contribution in [0, 0.1) is 18.3 Å². The lowest BCUT2D eigenvalue weighted by molar-refractivity contribution is 0.0838. The van der Waals surface area contributed by atoms with Crippen molar-refractivity contribution in [2.24, 2.45) is 11.3 Å². The minimum atomic E-state index is 0.191. The normalized spacial score (nSPS) is 19.8. The highest BCUT2D eigenvalue weighted by Gasteiger charge is 2.30. The first-order chi connectivity index (χ1) is 8.39. The zero-order chi connectivity index (χ0) is 13.3. The van der Waals surface area contributed by atoms with Crippen LogP contribution in [-0.4, -0.2) is 5.78 Å². The quantitative estimate of drug-likeness (QED) is 0.684. The zero-order valence-corrected chi connectivity index (χ0v) is 12.2. The highest BCUT2D eigenvalue weighted by atomic mass is 35.5. The summed E-state index contributed by atoms with van der Waals surface area (Å²) in [6.07, 6.45) is 4.31. The Bertz CT molecular complexity index is 452. The molecule has 1 aromatic rings. The second-order valence-corrected chi connectivity index (χ2v) is 6.67. The molecule has 2 heteroatoms. The molecule has 0 heterocycles. The van der Waals surface area contributed by atoms with Gasteiger partial charge in [-0.3, -0.25) is 4.79 Å². The number of aryl methyl sites for hydroxylation is 1. The van der Waals surface area contributed by atoms with Gasteiger partial charge in [0.05, 0.1) is 0 Å². The number of Topliss-reactive ketones (excluding diaryl/α,β-unsaturated/α-hetero) is 1.